The fourth-order valence-corrected chi connectivity index (χ4v) is 1.98. The molecular formula is C13H22ClN5. The average Bonchev–Trinajstić information content (AvgIpc) is 2.93. The molecule has 0 spiro atoms. The van der Waals surface area contributed by atoms with Gasteiger partial charge >= 0.3 is 0 Å². The summed E-state index contributed by atoms with van der Waals surface area (Å²) in [7, 11) is 0. The van der Waals surface area contributed by atoms with E-state index in [1.807, 2.05) is 28.0 Å². The number of nitrogens with one attached hydrogen (secondary N) is 1. The van der Waals surface area contributed by atoms with Crippen LogP contribution in [0.15, 0.2) is 18.6 Å². The zero-order chi connectivity index (χ0) is 13.1. The Morgan fingerprint density at radius 3 is 2.53 bits per heavy atom. The summed E-state index contributed by atoms with van der Waals surface area (Å²) in [6.45, 7) is 10.2. The molecule has 0 aliphatic heterocycles. The lowest BCUT2D eigenvalue weighted by molar-refractivity contribution is 0.518. The number of nitrogens with zero attached hydrogens (tertiary/aromatic N) is 4. The van der Waals surface area contributed by atoms with Crippen molar-refractivity contribution in [2.45, 2.75) is 46.8 Å². The van der Waals surface area contributed by atoms with Crippen LogP contribution in [0.2, 0.25) is 0 Å². The zero-order valence-electron chi connectivity index (χ0n) is 11.9. The molecule has 0 aliphatic rings. The molecule has 0 amide bonds. The largest absolute Gasteiger partial charge is 0.378 e. The van der Waals surface area contributed by atoms with Crippen molar-refractivity contribution in [2.24, 2.45) is 0 Å². The average molecular weight is 284 g/mol. The number of hydrogen-bond acceptors (Lipinski definition) is 3. The van der Waals surface area contributed by atoms with E-state index < -0.39 is 0 Å². The lowest BCUT2D eigenvalue weighted by atomic mass is 10.2. The second-order valence-electron chi connectivity index (χ2n) is 4.73. The highest BCUT2D eigenvalue weighted by Crippen LogP contribution is 2.14. The fraction of sp³-hybridized carbons (Fsp3) is 0.538. The Morgan fingerprint density at radius 2 is 2.00 bits per heavy atom. The summed E-state index contributed by atoms with van der Waals surface area (Å²) in [5.74, 6) is 0. The molecule has 1 N–H and O–H groups in total. The van der Waals surface area contributed by atoms with Gasteiger partial charge in [-0.05, 0) is 27.7 Å². The summed E-state index contributed by atoms with van der Waals surface area (Å²) >= 11 is 0. The highest BCUT2D eigenvalue weighted by atomic mass is 35.5. The molecule has 5 nitrogen and oxygen atoms in total. The van der Waals surface area contributed by atoms with E-state index in [-0.39, 0.29) is 12.4 Å². The van der Waals surface area contributed by atoms with Crippen LogP contribution in [0.4, 0.5) is 5.69 Å². The van der Waals surface area contributed by atoms with Crippen LogP contribution < -0.4 is 5.32 Å². The van der Waals surface area contributed by atoms with Crippen LogP contribution >= 0.6 is 12.4 Å². The Labute approximate surface area is 120 Å². The standard InChI is InChI=1S/C13H21N5.ClH/c1-5-17-9-13(8-15-17)14-6-12-7-16-18(10(2)3)11(12)4;/h7-10,14H,5-6H2,1-4H3;1H. The molecule has 106 valence electrons. The summed E-state index contributed by atoms with van der Waals surface area (Å²) < 4.78 is 3.96. The van der Waals surface area contributed by atoms with Crippen molar-refractivity contribution < 1.29 is 0 Å². The van der Waals surface area contributed by atoms with Gasteiger partial charge in [-0.25, -0.2) is 0 Å². The minimum Gasteiger partial charge on any atom is -0.378 e. The topological polar surface area (TPSA) is 47.7 Å². The number of aromatic nitrogens is 4. The molecule has 0 saturated heterocycles. The molecule has 19 heavy (non-hydrogen) atoms. The van der Waals surface area contributed by atoms with E-state index in [0.29, 0.717) is 6.04 Å². The molecular weight excluding hydrogens is 262 g/mol. The molecule has 2 heterocycles. The maximum Gasteiger partial charge on any atom is 0.0729 e. The highest BCUT2D eigenvalue weighted by Gasteiger charge is 2.08. The van der Waals surface area contributed by atoms with E-state index in [0.717, 1.165) is 18.8 Å². The molecule has 2 aromatic rings. The van der Waals surface area contributed by atoms with Crippen LogP contribution in [0.1, 0.15) is 38.1 Å². The van der Waals surface area contributed by atoms with Gasteiger partial charge in [0.25, 0.3) is 0 Å². The molecule has 0 aromatic carbocycles. The van der Waals surface area contributed by atoms with Crippen LogP contribution in [0.25, 0.3) is 0 Å². The van der Waals surface area contributed by atoms with Gasteiger partial charge in [0, 0.05) is 36.6 Å². The second-order valence-corrected chi connectivity index (χ2v) is 4.73. The molecule has 0 saturated carbocycles. The van der Waals surface area contributed by atoms with E-state index in [1.165, 1.54) is 11.3 Å². The van der Waals surface area contributed by atoms with Gasteiger partial charge in [0.15, 0.2) is 0 Å². The SMILES string of the molecule is CCn1cc(NCc2cnn(C(C)C)c2C)cn1.Cl. The maximum absolute atomic E-state index is 4.40. The van der Waals surface area contributed by atoms with Crippen LogP contribution in [0, 0.1) is 6.92 Å². The Balaban J connectivity index is 0.00000180. The van der Waals surface area contributed by atoms with Crippen LogP contribution in [-0.4, -0.2) is 19.6 Å². The minimum absolute atomic E-state index is 0. The van der Waals surface area contributed by atoms with Gasteiger partial charge in [-0.15, -0.1) is 12.4 Å². The van der Waals surface area contributed by atoms with Crippen molar-refractivity contribution in [3.63, 3.8) is 0 Å². The van der Waals surface area contributed by atoms with E-state index in [2.05, 4.69) is 43.2 Å². The highest BCUT2D eigenvalue weighted by molar-refractivity contribution is 5.85. The van der Waals surface area contributed by atoms with Crippen LogP contribution in [-0.2, 0) is 13.1 Å². The number of rotatable bonds is 5. The van der Waals surface area contributed by atoms with Gasteiger partial charge in [-0.1, -0.05) is 0 Å². The van der Waals surface area contributed by atoms with Gasteiger partial charge in [0.2, 0.25) is 0 Å². The predicted octanol–water partition coefficient (Wildman–Crippen LogP) is 3.02. The zero-order valence-corrected chi connectivity index (χ0v) is 12.7. The first kappa shape index (κ1) is 15.6. The molecule has 0 atom stereocenters. The van der Waals surface area contributed by atoms with Crippen molar-refractivity contribution >= 4 is 18.1 Å². The van der Waals surface area contributed by atoms with Crippen molar-refractivity contribution in [2.75, 3.05) is 5.32 Å². The third-order valence-corrected chi connectivity index (χ3v) is 3.08. The van der Waals surface area contributed by atoms with Crippen molar-refractivity contribution in [3.05, 3.63) is 29.8 Å². The smallest absolute Gasteiger partial charge is 0.0729 e. The van der Waals surface area contributed by atoms with E-state index in [1.54, 1.807) is 0 Å². The normalized spacial score (nSPS) is 10.6. The molecule has 2 rings (SSSR count). The van der Waals surface area contributed by atoms with E-state index in [4.69, 9.17) is 0 Å². The van der Waals surface area contributed by atoms with Gasteiger partial charge in [0.05, 0.1) is 18.1 Å². The van der Waals surface area contributed by atoms with Gasteiger partial charge in [-0.2, -0.15) is 10.2 Å². The predicted molar refractivity (Wildman–Crippen MR) is 79.8 cm³/mol. The summed E-state index contributed by atoms with van der Waals surface area (Å²) in [6, 6.07) is 0.404. The molecule has 0 radical (unpaired) electrons. The molecule has 0 unspecified atom stereocenters. The summed E-state index contributed by atoms with van der Waals surface area (Å²) in [5, 5.41) is 12.0. The number of aryl methyl sites for hydroxylation is 1. The van der Waals surface area contributed by atoms with Crippen molar-refractivity contribution in [1.82, 2.24) is 19.6 Å². The summed E-state index contributed by atoms with van der Waals surface area (Å²) in [4.78, 5) is 0. The Kier molecular flexibility index (Phi) is 5.42. The Bertz CT molecular complexity index is 515. The van der Waals surface area contributed by atoms with Gasteiger partial charge < -0.3 is 5.32 Å². The third kappa shape index (κ3) is 3.50. The van der Waals surface area contributed by atoms with Crippen molar-refractivity contribution in [3.8, 4) is 0 Å². The van der Waals surface area contributed by atoms with Crippen LogP contribution in [0.3, 0.4) is 0 Å². The van der Waals surface area contributed by atoms with E-state index in [9.17, 15) is 0 Å². The first-order valence-corrected chi connectivity index (χ1v) is 6.41. The lowest BCUT2D eigenvalue weighted by Crippen LogP contribution is -2.06. The third-order valence-electron chi connectivity index (χ3n) is 3.08. The van der Waals surface area contributed by atoms with Gasteiger partial charge in [0.1, 0.15) is 0 Å². The number of hydrogen-bond donors (Lipinski definition) is 1. The second kappa shape index (κ2) is 6.61. The molecule has 2 aromatic heterocycles. The fourth-order valence-electron chi connectivity index (χ4n) is 1.98. The summed E-state index contributed by atoms with van der Waals surface area (Å²) in [5.41, 5.74) is 3.50. The number of anilines is 1. The van der Waals surface area contributed by atoms with Crippen LogP contribution in [0.5, 0.6) is 0 Å². The Hall–Kier alpha value is -1.49. The van der Waals surface area contributed by atoms with Crippen molar-refractivity contribution in [1.29, 1.82) is 0 Å². The lowest BCUT2D eigenvalue weighted by Gasteiger charge is -2.09. The first-order valence-electron chi connectivity index (χ1n) is 6.41. The molecule has 0 bridgehead atoms. The van der Waals surface area contributed by atoms with E-state index >= 15 is 0 Å². The molecule has 0 fully saturated rings. The Morgan fingerprint density at radius 1 is 1.26 bits per heavy atom. The summed E-state index contributed by atoms with van der Waals surface area (Å²) in [6.07, 6.45) is 5.81. The number of halogens is 1. The monoisotopic (exact) mass is 283 g/mol. The van der Waals surface area contributed by atoms with Gasteiger partial charge in [-0.3, -0.25) is 9.36 Å². The quantitative estimate of drug-likeness (QED) is 0.917. The minimum atomic E-state index is 0. The maximum atomic E-state index is 4.40. The molecule has 0 aliphatic carbocycles. The first-order chi connectivity index (χ1) is 8.61. The molecule has 6 heteroatoms.